The maximum absolute atomic E-state index is 9.93. The number of aliphatic hydroxyl groups excluding tert-OH is 4. The minimum absolute atomic E-state index is 0.446. The Kier molecular flexibility index (Phi) is 6.01. The first-order valence-electron chi connectivity index (χ1n) is 6.45. The van der Waals surface area contributed by atoms with Crippen LogP contribution in [0.1, 0.15) is 26.7 Å². The zero-order chi connectivity index (χ0) is 13.7. The number of rotatable bonds is 7. The molecule has 6 nitrogen and oxygen atoms in total. The van der Waals surface area contributed by atoms with E-state index in [0.717, 1.165) is 25.2 Å². The molecule has 18 heavy (non-hydrogen) atoms. The third kappa shape index (κ3) is 3.65. The summed E-state index contributed by atoms with van der Waals surface area (Å²) in [5.41, 5.74) is 0. The molecule has 0 amide bonds. The van der Waals surface area contributed by atoms with Crippen molar-refractivity contribution in [2.24, 2.45) is 4.99 Å². The van der Waals surface area contributed by atoms with Gasteiger partial charge in [-0.3, -0.25) is 4.99 Å². The van der Waals surface area contributed by atoms with Crippen molar-refractivity contribution in [2.75, 3.05) is 19.7 Å². The Balaban J connectivity index is 2.54. The van der Waals surface area contributed by atoms with E-state index in [-0.39, 0.29) is 0 Å². The van der Waals surface area contributed by atoms with Crippen LogP contribution in [-0.4, -0.2) is 75.2 Å². The third-order valence-corrected chi connectivity index (χ3v) is 3.32. The Hall–Kier alpha value is -0.690. The van der Waals surface area contributed by atoms with E-state index in [0.29, 0.717) is 6.54 Å². The van der Waals surface area contributed by atoms with Gasteiger partial charge in [0.15, 0.2) is 0 Å². The van der Waals surface area contributed by atoms with Crippen LogP contribution in [-0.2, 0) is 0 Å². The third-order valence-electron chi connectivity index (χ3n) is 3.32. The molecule has 6 heteroatoms. The summed E-state index contributed by atoms with van der Waals surface area (Å²) in [4.78, 5) is 6.37. The van der Waals surface area contributed by atoms with E-state index in [9.17, 15) is 15.3 Å². The van der Waals surface area contributed by atoms with Gasteiger partial charge in [0.25, 0.3) is 0 Å². The minimum Gasteiger partial charge on any atom is -0.394 e. The van der Waals surface area contributed by atoms with Crippen molar-refractivity contribution in [2.45, 2.75) is 51.0 Å². The van der Waals surface area contributed by atoms with Crippen molar-refractivity contribution >= 4 is 5.84 Å². The van der Waals surface area contributed by atoms with Gasteiger partial charge in [-0.2, -0.15) is 0 Å². The van der Waals surface area contributed by atoms with E-state index < -0.39 is 31.0 Å². The van der Waals surface area contributed by atoms with Crippen LogP contribution in [0.2, 0.25) is 0 Å². The number of amidine groups is 1. The average Bonchev–Trinajstić information content (AvgIpc) is 2.74. The van der Waals surface area contributed by atoms with Gasteiger partial charge in [0.1, 0.15) is 18.3 Å². The number of nitrogens with zero attached hydrogens (tertiary/aromatic N) is 2. The van der Waals surface area contributed by atoms with Crippen LogP contribution in [0.4, 0.5) is 0 Å². The molecule has 1 aliphatic heterocycles. The molecule has 0 aromatic carbocycles. The Morgan fingerprint density at radius 2 is 2.06 bits per heavy atom. The summed E-state index contributed by atoms with van der Waals surface area (Å²) in [6, 6.07) is -0.446. The highest BCUT2D eigenvalue weighted by Crippen LogP contribution is 2.17. The predicted molar refractivity (Wildman–Crippen MR) is 68.5 cm³/mol. The minimum atomic E-state index is -1.37. The number of aliphatic hydroxyl groups is 4. The monoisotopic (exact) mass is 260 g/mol. The van der Waals surface area contributed by atoms with Crippen molar-refractivity contribution in [3.8, 4) is 0 Å². The summed E-state index contributed by atoms with van der Waals surface area (Å²) in [7, 11) is 0. The molecule has 4 atom stereocenters. The van der Waals surface area contributed by atoms with Gasteiger partial charge >= 0.3 is 0 Å². The van der Waals surface area contributed by atoms with Gasteiger partial charge in [0, 0.05) is 13.1 Å². The first-order valence-corrected chi connectivity index (χ1v) is 6.45. The molecule has 1 rings (SSSR count). The van der Waals surface area contributed by atoms with E-state index in [1.54, 1.807) is 0 Å². The van der Waals surface area contributed by atoms with Gasteiger partial charge in [0.2, 0.25) is 0 Å². The fourth-order valence-electron chi connectivity index (χ4n) is 2.07. The summed E-state index contributed by atoms with van der Waals surface area (Å²) < 4.78 is 0. The van der Waals surface area contributed by atoms with Crippen LogP contribution >= 0.6 is 0 Å². The Morgan fingerprint density at radius 1 is 1.39 bits per heavy atom. The Morgan fingerprint density at radius 3 is 2.61 bits per heavy atom. The fraction of sp³-hybridized carbons (Fsp3) is 0.917. The summed E-state index contributed by atoms with van der Waals surface area (Å²) >= 11 is 0. The largest absolute Gasteiger partial charge is 0.394 e. The zero-order valence-electron chi connectivity index (χ0n) is 11.0. The number of hydrogen-bond donors (Lipinski definition) is 4. The van der Waals surface area contributed by atoms with Gasteiger partial charge in [0.05, 0.1) is 18.5 Å². The standard InChI is InChI=1S/C12H24N2O4/c1-3-4-5-14-6-9(13-8(14)2)11(17)12(18)10(16)7-15/h9-12,15-18H,3-7H2,1-2H3/t9-,10+,11+,12+/m0/s1. The maximum atomic E-state index is 9.93. The number of aliphatic imine (C=N–C) groups is 1. The van der Waals surface area contributed by atoms with Crippen LogP contribution in [0.25, 0.3) is 0 Å². The van der Waals surface area contributed by atoms with Crippen molar-refractivity contribution < 1.29 is 20.4 Å². The molecule has 0 spiro atoms. The lowest BCUT2D eigenvalue weighted by atomic mass is 10.0. The molecule has 106 valence electrons. The molecule has 0 saturated carbocycles. The quantitative estimate of drug-likeness (QED) is 0.469. The number of hydrogen-bond acceptors (Lipinski definition) is 6. The molecule has 0 radical (unpaired) electrons. The van der Waals surface area contributed by atoms with Crippen LogP contribution in [0, 0.1) is 0 Å². The van der Waals surface area contributed by atoms with Gasteiger partial charge in [-0.15, -0.1) is 0 Å². The smallest absolute Gasteiger partial charge is 0.110 e. The molecule has 1 aliphatic rings. The fourth-order valence-corrected chi connectivity index (χ4v) is 2.07. The van der Waals surface area contributed by atoms with Crippen molar-refractivity contribution in [1.29, 1.82) is 0 Å². The highest BCUT2D eigenvalue weighted by molar-refractivity contribution is 5.81. The summed E-state index contributed by atoms with van der Waals surface area (Å²) in [5, 5.41) is 37.6. The average molecular weight is 260 g/mol. The molecule has 0 aromatic rings. The van der Waals surface area contributed by atoms with E-state index in [4.69, 9.17) is 5.11 Å². The second-order valence-corrected chi connectivity index (χ2v) is 4.77. The summed E-state index contributed by atoms with van der Waals surface area (Å²) in [6.07, 6.45) is -1.73. The van der Waals surface area contributed by atoms with Crippen molar-refractivity contribution in [3.05, 3.63) is 0 Å². The lowest BCUT2D eigenvalue weighted by molar-refractivity contribution is -0.0828. The lowest BCUT2D eigenvalue weighted by Gasteiger charge is -2.25. The van der Waals surface area contributed by atoms with Crippen LogP contribution in [0.5, 0.6) is 0 Å². The van der Waals surface area contributed by atoms with Crippen LogP contribution in [0.15, 0.2) is 4.99 Å². The van der Waals surface area contributed by atoms with Crippen molar-refractivity contribution in [3.63, 3.8) is 0 Å². The van der Waals surface area contributed by atoms with Crippen molar-refractivity contribution in [1.82, 2.24) is 4.90 Å². The molecule has 0 bridgehead atoms. The molecule has 1 heterocycles. The maximum Gasteiger partial charge on any atom is 0.110 e. The normalized spacial score (nSPS) is 24.9. The van der Waals surface area contributed by atoms with Gasteiger partial charge in [-0.05, 0) is 13.3 Å². The van der Waals surface area contributed by atoms with E-state index in [1.165, 1.54) is 0 Å². The Bertz CT molecular complexity index is 285. The van der Waals surface area contributed by atoms with Gasteiger partial charge < -0.3 is 25.3 Å². The molecule has 0 aliphatic carbocycles. The number of unbranched alkanes of at least 4 members (excludes halogenated alkanes) is 1. The zero-order valence-corrected chi connectivity index (χ0v) is 11.0. The highest BCUT2D eigenvalue weighted by atomic mass is 16.4. The van der Waals surface area contributed by atoms with E-state index in [2.05, 4.69) is 16.8 Å². The topological polar surface area (TPSA) is 96.5 Å². The lowest BCUT2D eigenvalue weighted by Crippen LogP contribution is -2.46. The first kappa shape index (κ1) is 15.4. The Labute approximate surface area is 108 Å². The molecular formula is C12H24N2O4. The molecule has 0 unspecified atom stereocenters. The SMILES string of the molecule is CCCCN1C[C@@H]([C@@H](O)[C@H](O)[C@H](O)CO)N=C1C. The second kappa shape index (κ2) is 7.04. The predicted octanol–water partition coefficient (Wildman–Crippen LogP) is -1.04. The van der Waals surface area contributed by atoms with E-state index >= 15 is 0 Å². The molecule has 0 fully saturated rings. The van der Waals surface area contributed by atoms with Crippen LogP contribution < -0.4 is 0 Å². The highest BCUT2D eigenvalue weighted by Gasteiger charge is 2.35. The molecular weight excluding hydrogens is 236 g/mol. The van der Waals surface area contributed by atoms with Crippen LogP contribution in [0.3, 0.4) is 0 Å². The molecule has 0 saturated heterocycles. The van der Waals surface area contributed by atoms with E-state index in [1.807, 2.05) is 6.92 Å². The first-order chi connectivity index (χ1) is 8.51. The summed E-state index contributed by atoms with van der Waals surface area (Å²) in [6.45, 7) is 4.83. The summed E-state index contributed by atoms with van der Waals surface area (Å²) in [5.74, 6) is 0.846. The molecule has 4 N–H and O–H groups in total. The van der Waals surface area contributed by atoms with Gasteiger partial charge in [-0.25, -0.2) is 0 Å². The molecule has 0 aromatic heterocycles. The van der Waals surface area contributed by atoms with Gasteiger partial charge in [-0.1, -0.05) is 13.3 Å². The second-order valence-electron chi connectivity index (χ2n) is 4.77.